The molecule has 0 aromatic rings. The summed E-state index contributed by atoms with van der Waals surface area (Å²) in [5.74, 6) is 0. The smallest absolute Gasteiger partial charge is 0.0348 e. The van der Waals surface area contributed by atoms with Crippen LogP contribution in [0.4, 0.5) is 0 Å². The standard InChI is InChI=1S/C21H37/c1-3-5-7-9-11-13-15-17-19-21-20-18-16-14-12-10-8-6-4-2/h1,3,5,7,9,11H,4,6,8,10,12-21H2,2H3. The molecule has 0 heteroatoms. The molecule has 0 nitrogen and oxygen atoms in total. The normalized spacial score (nSPS) is 11.7. The van der Waals surface area contributed by atoms with E-state index >= 15 is 0 Å². The van der Waals surface area contributed by atoms with E-state index in [4.69, 9.17) is 6.58 Å². The van der Waals surface area contributed by atoms with Gasteiger partial charge in [0.1, 0.15) is 0 Å². The second kappa shape index (κ2) is 19.2. The predicted octanol–water partition coefficient (Wildman–Crippen LogP) is 7.57. The van der Waals surface area contributed by atoms with Crippen molar-refractivity contribution in [3.63, 3.8) is 0 Å². The largest absolute Gasteiger partial charge is 0.0845 e. The second-order valence-corrected chi connectivity index (χ2v) is 6.04. The molecule has 0 spiro atoms. The number of hydrogen-bond donors (Lipinski definition) is 0. The monoisotopic (exact) mass is 289 g/mol. The highest BCUT2D eigenvalue weighted by molar-refractivity contribution is 5.07. The van der Waals surface area contributed by atoms with E-state index in [1.165, 1.54) is 89.9 Å². The van der Waals surface area contributed by atoms with Gasteiger partial charge in [0, 0.05) is 0 Å². The molecule has 0 unspecified atom stereocenters. The number of allylic oxidation sites excluding steroid dienone is 5. The summed E-state index contributed by atoms with van der Waals surface area (Å²) in [4.78, 5) is 0. The van der Waals surface area contributed by atoms with Crippen molar-refractivity contribution < 1.29 is 0 Å². The topological polar surface area (TPSA) is 0 Å². The maximum Gasteiger partial charge on any atom is -0.0348 e. The first-order chi connectivity index (χ1) is 10.4. The van der Waals surface area contributed by atoms with Gasteiger partial charge in [-0.3, -0.25) is 0 Å². The Morgan fingerprint density at radius 1 is 0.571 bits per heavy atom. The number of hydrogen-bond acceptors (Lipinski definition) is 0. The van der Waals surface area contributed by atoms with E-state index in [1.807, 2.05) is 12.2 Å². The number of unbranched alkanes of at least 4 members (excludes halogenated alkanes) is 13. The predicted molar refractivity (Wildman–Crippen MR) is 97.5 cm³/mol. The van der Waals surface area contributed by atoms with Crippen molar-refractivity contribution in [3.8, 4) is 0 Å². The van der Waals surface area contributed by atoms with Gasteiger partial charge in [0.15, 0.2) is 0 Å². The Morgan fingerprint density at radius 3 is 1.52 bits per heavy atom. The summed E-state index contributed by atoms with van der Waals surface area (Å²) in [6.45, 7) is 7.53. The van der Waals surface area contributed by atoms with E-state index in [-0.39, 0.29) is 0 Å². The van der Waals surface area contributed by atoms with Crippen molar-refractivity contribution in [3.05, 3.63) is 37.0 Å². The zero-order valence-electron chi connectivity index (χ0n) is 14.4. The SMILES string of the molecule is [CH]=CC=CC=CCCCCCCCCCCCCCCC. The minimum atomic E-state index is 1.20. The van der Waals surface area contributed by atoms with Crippen molar-refractivity contribution in [1.82, 2.24) is 0 Å². The lowest BCUT2D eigenvalue weighted by atomic mass is 10.0. The van der Waals surface area contributed by atoms with Gasteiger partial charge in [-0.25, -0.2) is 0 Å². The van der Waals surface area contributed by atoms with Crippen LogP contribution >= 0.6 is 0 Å². The lowest BCUT2D eigenvalue weighted by Crippen LogP contribution is -1.82. The minimum Gasteiger partial charge on any atom is -0.0845 e. The van der Waals surface area contributed by atoms with Crippen LogP contribution in [0.5, 0.6) is 0 Å². The fourth-order valence-electron chi connectivity index (χ4n) is 2.58. The Bertz CT molecular complexity index is 247. The summed E-state index contributed by atoms with van der Waals surface area (Å²) >= 11 is 0. The Kier molecular flexibility index (Phi) is 18.5. The van der Waals surface area contributed by atoms with Crippen LogP contribution in [0.3, 0.4) is 0 Å². The third kappa shape index (κ3) is 19.2. The van der Waals surface area contributed by atoms with Gasteiger partial charge in [-0.15, -0.1) is 0 Å². The van der Waals surface area contributed by atoms with E-state index in [2.05, 4.69) is 19.1 Å². The van der Waals surface area contributed by atoms with E-state index < -0.39 is 0 Å². The maximum atomic E-state index is 5.25. The Labute approximate surface area is 134 Å². The number of rotatable bonds is 16. The molecule has 0 aliphatic carbocycles. The van der Waals surface area contributed by atoms with Gasteiger partial charge in [-0.05, 0) is 12.8 Å². The van der Waals surface area contributed by atoms with Crippen molar-refractivity contribution in [1.29, 1.82) is 0 Å². The van der Waals surface area contributed by atoms with Crippen molar-refractivity contribution in [2.24, 2.45) is 0 Å². The summed E-state index contributed by atoms with van der Waals surface area (Å²) in [5.41, 5.74) is 0. The Balaban J connectivity index is 3.04. The molecule has 0 fully saturated rings. The van der Waals surface area contributed by atoms with Crippen molar-refractivity contribution >= 4 is 0 Å². The van der Waals surface area contributed by atoms with Crippen LogP contribution in [0.1, 0.15) is 96.8 Å². The van der Waals surface area contributed by atoms with Crippen LogP contribution < -0.4 is 0 Å². The van der Waals surface area contributed by atoms with Crippen LogP contribution in [-0.2, 0) is 0 Å². The average Bonchev–Trinajstić information content (AvgIpc) is 2.50. The van der Waals surface area contributed by atoms with Crippen LogP contribution in [0, 0.1) is 6.58 Å². The van der Waals surface area contributed by atoms with Crippen LogP contribution in [0.2, 0.25) is 0 Å². The van der Waals surface area contributed by atoms with Gasteiger partial charge in [-0.1, -0.05) is 121 Å². The summed E-state index contributed by atoms with van der Waals surface area (Å²) in [6, 6.07) is 0. The lowest BCUT2D eigenvalue weighted by molar-refractivity contribution is 0.540. The molecule has 0 saturated heterocycles. The third-order valence-electron chi connectivity index (χ3n) is 3.94. The Hall–Kier alpha value is -0.780. The van der Waals surface area contributed by atoms with Crippen molar-refractivity contribution in [2.45, 2.75) is 96.8 Å². The van der Waals surface area contributed by atoms with E-state index in [0.717, 1.165) is 0 Å². The van der Waals surface area contributed by atoms with Gasteiger partial charge >= 0.3 is 0 Å². The maximum absolute atomic E-state index is 5.25. The third-order valence-corrected chi connectivity index (χ3v) is 3.94. The molecule has 0 amide bonds. The minimum absolute atomic E-state index is 1.20. The molecular formula is C21H37. The summed E-state index contributed by atoms with van der Waals surface area (Å²) in [7, 11) is 0. The van der Waals surface area contributed by atoms with Gasteiger partial charge < -0.3 is 0 Å². The first kappa shape index (κ1) is 20.2. The molecule has 21 heavy (non-hydrogen) atoms. The fourth-order valence-corrected chi connectivity index (χ4v) is 2.58. The summed E-state index contributed by atoms with van der Waals surface area (Å²) < 4.78 is 0. The highest BCUT2D eigenvalue weighted by atomic mass is 14.0. The molecule has 0 heterocycles. The molecule has 0 aliphatic rings. The molecule has 0 bridgehead atoms. The van der Waals surface area contributed by atoms with E-state index in [1.54, 1.807) is 6.08 Å². The molecule has 0 aromatic carbocycles. The molecule has 121 valence electrons. The van der Waals surface area contributed by atoms with E-state index in [0.29, 0.717) is 0 Å². The zero-order chi connectivity index (χ0) is 15.4. The quantitative estimate of drug-likeness (QED) is 0.203. The van der Waals surface area contributed by atoms with E-state index in [9.17, 15) is 0 Å². The molecule has 0 aromatic heterocycles. The first-order valence-electron chi connectivity index (χ1n) is 9.28. The van der Waals surface area contributed by atoms with Gasteiger partial charge in [0.25, 0.3) is 0 Å². The summed E-state index contributed by atoms with van der Waals surface area (Å²) in [5, 5.41) is 0. The van der Waals surface area contributed by atoms with Gasteiger partial charge in [0.05, 0.1) is 0 Å². The zero-order valence-corrected chi connectivity index (χ0v) is 14.4. The first-order valence-corrected chi connectivity index (χ1v) is 9.28. The van der Waals surface area contributed by atoms with Crippen LogP contribution in [0.15, 0.2) is 30.4 Å². The molecule has 0 N–H and O–H groups in total. The van der Waals surface area contributed by atoms with Gasteiger partial charge in [0.2, 0.25) is 0 Å². The second-order valence-electron chi connectivity index (χ2n) is 6.04. The van der Waals surface area contributed by atoms with Crippen LogP contribution in [-0.4, -0.2) is 0 Å². The van der Waals surface area contributed by atoms with Gasteiger partial charge in [-0.2, -0.15) is 0 Å². The highest BCUT2D eigenvalue weighted by Crippen LogP contribution is 2.12. The fraction of sp³-hybridized carbons (Fsp3) is 0.714. The van der Waals surface area contributed by atoms with Crippen molar-refractivity contribution in [2.75, 3.05) is 0 Å². The molecule has 0 rings (SSSR count). The van der Waals surface area contributed by atoms with Crippen LogP contribution in [0.25, 0.3) is 0 Å². The molecular weight excluding hydrogens is 252 g/mol. The molecule has 0 saturated carbocycles. The summed E-state index contributed by atoms with van der Waals surface area (Å²) in [6.07, 6.45) is 29.5. The lowest BCUT2D eigenvalue weighted by Gasteiger charge is -2.02. The average molecular weight is 290 g/mol. The molecule has 0 aliphatic heterocycles. The Morgan fingerprint density at radius 2 is 1.05 bits per heavy atom. The molecule has 1 radical (unpaired) electrons. The highest BCUT2D eigenvalue weighted by Gasteiger charge is 1.93. The molecule has 0 atom stereocenters.